The number of para-hydroxylation sites is 1. The Morgan fingerprint density at radius 2 is 1.71 bits per heavy atom. The third-order valence-corrected chi connectivity index (χ3v) is 6.09. The second kappa shape index (κ2) is 6.26. The summed E-state index contributed by atoms with van der Waals surface area (Å²) >= 11 is 3.04. The van der Waals surface area contributed by atoms with Gasteiger partial charge in [0.2, 0.25) is 0 Å². The van der Waals surface area contributed by atoms with Gasteiger partial charge in [-0.25, -0.2) is 0 Å². The lowest BCUT2D eigenvalue weighted by Crippen LogP contribution is -2.07. The molecule has 0 amide bonds. The molecule has 24 heavy (non-hydrogen) atoms. The van der Waals surface area contributed by atoms with E-state index in [4.69, 9.17) is 4.42 Å². The van der Waals surface area contributed by atoms with Gasteiger partial charge in [0.05, 0.1) is 15.9 Å². The van der Waals surface area contributed by atoms with Gasteiger partial charge in [0.1, 0.15) is 5.58 Å². The first kappa shape index (κ1) is 15.2. The van der Waals surface area contributed by atoms with Crippen LogP contribution in [0.15, 0.2) is 79.1 Å². The van der Waals surface area contributed by atoms with Gasteiger partial charge in [-0.3, -0.25) is 9.59 Å². The zero-order chi connectivity index (χ0) is 16.5. The van der Waals surface area contributed by atoms with Crippen LogP contribution in [-0.2, 0) is 5.75 Å². The molecular weight excluding hydrogens is 340 g/mol. The van der Waals surface area contributed by atoms with Gasteiger partial charge in [0.15, 0.2) is 10.9 Å². The van der Waals surface area contributed by atoms with Crippen molar-refractivity contribution in [1.82, 2.24) is 0 Å². The fraction of sp³-hybridized carbons (Fsp3) is 0.0526. The maximum atomic E-state index is 12.5. The van der Waals surface area contributed by atoms with Crippen molar-refractivity contribution in [2.75, 3.05) is 0 Å². The molecule has 0 saturated heterocycles. The van der Waals surface area contributed by atoms with Crippen molar-refractivity contribution in [3.8, 4) is 0 Å². The second-order valence-corrected chi connectivity index (χ2v) is 7.66. The lowest BCUT2D eigenvalue weighted by molar-refractivity contribution is 0.596. The molecule has 0 aliphatic carbocycles. The second-order valence-electron chi connectivity index (χ2n) is 5.30. The van der Waals surface area contributed by atoms with E-state index in [1.165, 1.54) is 18.0 Å². The number of fused-ring (bicyclic) bond motifs is 2. The Hall–Kier alpha value is -2.37. The van der Waals surface area contributed by atoms with Crippen LogP contribution in [0, 0.1) is 0 Å². The number of rotatable bonds is 3. The summed E-state index contributed by atoms with van der Waals surface area (Å²) in [6, 6.07) is 16.4. The molecule has 0 spiro atoms. The molecule has 2 heterocycles. The van der Waals surface area contributed by atoms with E-state index in [0.29, 0.717) is 22.3 Å². The van der Waals surface area contributed by atoms with Gasteiger partial charge in [0.25, 0.3) is 0 Å². The maximum absolute atomic E-state index is 12.5. The number of thioether (sulfide) groups is 1. The summed E-state index contributed by atoms with van der Waals surface area (Å²) in [5.74, 6) is 0.474. The SMILES string of the molecule is O=c1c(CSc2cc(=O)c3ccccc3s2)coc2ccccc12. The molecule has 0 atom stereocenters. The van der Waals surface area contributed by atoms with Crippen LogP contribution in [0.1, 0.15) is 5.56 Å². The van der Waals surface area contributed by atoms with Crippen LogP contribution in [0.3, 0.4) is 0 Å². The van der Waals surface area contributed by atoms with E-state index in [1.54, 1.807) is 29.5 Å². The normalized spacial score (nSPS) is 11.2. The van der Waals surface area contributed by atoms with Crippen LogP contribution >= 0.6 is 23.1 Å². The number of benzene rings is 2. The molecule has 0 bridgehead atoms. The highest BCUT2D eigenvalue weighted by atomic mass is 32.2. The van der Waals surface area contributed by atoms with Crippen molar-refractivity contribution >= 4 is 44.2 Å². The van der Waals surface area contributed by atoms with E-state index < -0.39 is 0 Å². The van der Waals surface area contributed by atoms with E-state index in [9.17, 15) is 9.59 Å². The Morgan fingerprint density at radius 3 is 2.58 bits per heavy atom. The molecule has 2 aromatic carbocycles. The summed E-state index contributed by atoms with van der Waals surface area (Å²) < 4.78 is 7.39. The first-order valence-electron chi connectivity index (χ1n) is 7.37. The van der Waals surface area contributed by atoms with Gasteiger partial charge < -0.3 is 4.42 Å². The van der Waals surface area contributed by atoms with Gasteiger partial charge in [0, 0.05) is 27.5 Å². The third-order valence-electron chi connectivity index (χ3n) is 3.73. The van der Waals surface area contributed by atoms with E-state index >= 15 is 0 Å². The lowest BCUT2D eigenvalue weighted by atomic mass is 10.2. The van der Waals surface area contributed by atoms with Crippen molar-refractivity contribution in [1.29, 1.82) is 0 Å². The van der Waals surface area contributed by atoms with E-state index in [2.05, 4.69) is 0 Å². The van der Waals surface area contributed by atoms with Crippen LogP contribution in [0.25, 0.3) is 21.1 Å². The fourth-order valence-corrected chi connectivity index (χ4v) is 4.70. The van der Waals surface area contributed by atoms with Gasteiger partial charge in [-0.05, 0) is 24.3 Å². The predicted molar refractivity (Wildman–Crippen MR) is 100 cm³/mol. The number of hydrogen-bond acceptors (Lipinski definition) is 5. The highest BCUT2D eigenvalue weighted by Crippen LogP contribution is 2.29. The van der Waals surface area contributed by atoms with Gasteiger partial charge in [-0.1, -0.05) is 24.3 Å². The van der Waals surface area contributed by atoms with Crippen molar-refractivity contribution in [2.45, 2.75) is 9.96 Å². The summed E-state index contributed by atoms with van der Waals surface area (Å²) in [6.45, 7) is 0. The van der Waals surface area contributed by atoms with Crippen LogP contribution in [0.4, 0.5) is 0 Å². The summed E-state index contributed by atoms with van der Waals surface area (Å²) in [5.41, 5.74) is 1.19. The highest BCUT2D eigenvalue weighted by Gasteiger charge is 2.08. The Bertz CT molecular complexity index is 1160. The van der Waals surface area contributed by atoms with E-state index in [1.807, 2.05) is 36.4 Å². The monoisotopic (exact) mass is 352 g/mol. The standard InChI is InChI=1S/C19H12O3S2/c20-15-9-18(24-17-8-4-2-5-13(15)17)23-11-12-10-22-16-7-3-1-6-14(16)19(12)21/h1-10H,11H2. The molecule has 2 aromatic heterocycles. The largest absolute Gasteiger partial charge is 0.464 e. The third kappa shape index (κ3) is 2.77. The summed E-state index contributed by atoms with van der Waals surface area (Å²) in [6.07, 6.45) is 1.52. The lowest BCUT2D eigenvalue weighted by Gasteiger charge is -2.03. The molecule has 0 saturated carbocycles. The van der Waals surface area contributed by atoms with E-state index in [-0.39, 0.29) is 10.9 Å². The minimum absolute atomic E-state index is 0.0115. The Morgan fingerprint density at radius 1 is 0.958 bits per heavy atom. The molecule has 0 radical (unpaired) electrons. The Kier molecular flexibility index (Phi) is 3.96. The molecule has 3 nitrogen and oxygen atoms in total. The predicted octanol–water partition coefficient (Wildman–Crippen LogP) is 4.66. The van der Waals surface area contributed by atoms with Crippen LogP contribution < -0.4 is 10.9 Å². The van der Waals surface area contributed by atoms with Crippen LogP contribution in [-0.4, -0.2) is 0 Å². The van der Waals surface area contributed by atoms with Gasteiger partial charge in [-0.2, -0.15) is 0 Å². The van der Waals surface area contributed by atoms with Gasteiger partial charge >= 0.3 is 0 Å². The summed E-state index contributed by atoms with van der Waals surface area (Å²) in [7, 11) is 0. The minimum Gasteiger partial charge on any atom is -0.464 e. The fourth-order valence-electron chi connectivity index (χ4n) is 2.52. The van der Waals surface area contributed by atoms with Crippen LogP contribution in [0.2, 0.25) is 0 Å². The van der Waals surface area contributed by atoms with Crippen molar-refractivity contribution < 1.29 is 4.42 Å². The Balaban J connectivity index is 1.67. The molecule has 0 fully saturated rings. The molecule has 0 aliphatic heterocycles. The molecular formula is C19H12O3S2. The quantitative estimate of drug-likeness (QED) is 0.503. The van der Waals surface area contributed by atoms with Crippen molar-refractivity contribution in [3.05, 3.63) is 86.9 Å². The minimum atomic E-state index is -0.0162. The number of hydrogen-bond donors (Lipinski definition) is 0. The first-order valence-corrected chi connectivity index (χ1v) is 9.18. The molecule has 4 rings (SSSR count). The van der Waals surface area contributed by atoms with E-state index in [0.717, 1.165) is 14.3 Å². The van der Waals surface area contributed by atoms with Gasteiger partial charge in [-0.15, -0.1) is 23.1 Å². The molecule has 0 N–H and O–H groups in total. The average molecular weight is 352 g/mol. The van der Waals surface area contributed by atoms with Crippen molar-refractivity contribution in [2.24, 2.45) is 0 Å². The molecule has 5 heteroatoms. The van der Waals surface area contributed by atoms with Crippen molar-refractivity contribution in [3.63, 3.8) is 0 Å². The maximum Gasteiger partial charge on any atom is 0.196 e. The zero-order valence-corrected chi connectivity index (χ0v) is 14.2. The summed E-state index contributed by atoms with van der Waals surface area (Å²) in [5, 5.41) is 1.32. The smallest absolute Gasteiger partial charge is 0.196 e. The molecule has 118 valence electrons. The highest BCUT2D eigenvalue weighted by molar-refractivity contribution is 8.00. The molecule has 4 aromatic rings. The summed E-state index contributed by atoms with van der Waals surface area (Å²) in [4.78, 5) is 24.7. The molecule has 0 unspecified atom stereocenters. The molecule has 0 aliphatic rings. The Labute approximate surface area is 145 Å². The first-order chi connectivity index (χ1) is 11.7. The topological polar surface area (TPSA) is 47.3 Å². The van der Waals surface area contributed by atoms with Crippen LogP contribution in [0.5, 0.6) is 0 Å². The average Bonchev–Trinajstić information content (AvgIpc) is 2.61. The zero-order valence-electron chi connectivity index (χ0n) is 12.5.